The zero-order valence-electron chi connectivity index (χ0n) is 14.1. The van der Waals surface area contributed by atoms with Gasteiger partial charge >= 0.3 is 5.97 Å². The van der Waals surface area contributed by atoms with Gasteiger partial charge in [-0.1, -0.05) is 12.5 Å². The fraction of sp³-hybridized carbons (Fsp3) is 0.800. The molecule has 4 nitrogen and oxygen atoms in total. The molecule has 6 rings (SSSR count). The Morgan fingerprint density at radius 3 is 2.92 bits per heavy atom. The van der Waals surface area contributed by atoms with Gasteiger partial charge in [-0.25, -0.2) is 0 Å². The molecule has 8 atom stereocenters. The molecule has 6 aliphatic rings. The van der Waals surface area contributed by atoms with E-state index in [0.717, 1.165) is 38.5 Å². The van der Waals surface area contributed by atoms with Crippen LogP contribution in [0.3, 0.4) is 0 Å². The fourth-order valence-electron chi connectivity index (χ4n) is 7.86. The van der Waals surface area contributed by atoms with Crippen LogP contribution in [-0.2, 0) is 19.1 Å². The summed E-state index contributed by atoms with van der Waals surface area (Å²) >= 11 is 0. The standard InChI is InChI=1S/C20H24O4/c1-19-7-6-11(21)8-10(19)2-3-12-13-4-5-14-17(22)24-18-20(13,14)9-15(23-18)16(12)19/h8,12-16,18H,2-7,9H2,1H3/t12-,13-,14+,15-,16+,18?,19-,20+/m0/s1. The molecule has 4 heteroatoms. The van der Waals surface area contributed by atoms with E-state index in [9.17, 15) is 9.59 Å². The number of carbonyl (C=O) groups is 2. The predicted molar refractivity (Wildman–Crippen MR) is 84.7 cm³/mol. The van der Waals surface area contributed by atoms with Crippen molar-refractivity contribution in [3.8, 4) is 0 Å². The highest BCUT2D eigenvalue weighted by atomic mass is 16.7. The van der Waals surface area contributed by atoms with Crippen molar-refractivity contribution in [3.63, 3.8) is 0 Å². The van der Waals surface area contributed by atoms with E-state index in [2.05, 4.69) is 6.92 Å². The second kappa shape index (κ2) is 4.14. The molecule has 4 aliphatic carbocycles. The highest BCUT2D eigenvalue weighted by Crippen LogP contribution is 2.73. The lowest BCUT2D eigenvalue weighted by atomic mass is 9.46. The lowest BCUT2D eigenvalue weighted by Gasteiger charge is -2.56. The zero-order valence-corrected chi connectivity index (χ0v) is 14.1. The molecule has 0 amide bonds. The molecule has 2 bridgehead atoms. The molecular formula is C20H24O4. The summed E-state index contributed by atoms with van der Waals surface area (Å²) < 4.78 is 12.1. The highest BCUT2D eigenvalue weighted by Gasteiger charge is 2.75. The average Bonchev–Trinajstić information content (AvgIpc) is 3.14. The van der Waals surface area contributed by atoms with Crippen molar-refractivity contribution in [2.45, 2.75) is 64.3 Å². The van der Waals surface area contributed by atoms with Gasteiger partial charge in [0.25, 0.3) is 0 Å². The molecular weight excluding hydrogens is 304 g/mol. The summed E-state index contributed by atoms with van der Waals surface area (Å²) in [5.41, 5.74) is 1.44. The Hall–Kier alpha value is -1.16. The maximum atomic E-state index is 12.3. The first-order valence-corrected chi connectivity index (χ1v) is 9.64. The Morgan fingerprint density at radius 2 is 2.04 bits per heavy atom. The molecule has 0 N–H and O–H groups in total. The second-order valence-electron chi connectivity index (χ2n) is 9.28. The van der Waals surface area contributed by atoms with E-state index in [1.54, 1.807) is 0 Å². The van der Waals surface area contributed by atoms with Gasteiger partial charge in [0.05, 0.1) is 17.4 Å². The van der Waals surface area contributed by atoms with E-state index in [1.807, 2.05) is 6.08 Å². The monoisotopic (exact) mass is 328 g/mol. The summed E-state index contributed by atoms with van der Waals surface area (Å²) in [5, 5.41) is 0. The van der Waals surface area contributed by atoms with Crippen LogP contribution in [0, 0.1) is 34.5 Å². The molecule has 0 aromatic heterocycles. The van der Waals surface area contributed by atoms with Gasteiger partial charge in [0.2, 0.25) is 6.29 Å². The predicted octanol–water partition coefficient (Wildman–Crippen LogP) is 3.01. The number of ketones is 1. The molecule has 1 spiro atoms. The van der Waals surface area contributed by atoms with Crippen LogP contribution >= 0.6 is 0 Å². The Balaban J connectivity index is 1.47. The van der Waals surface area contributed by atoms with E-state index in [4.69, 9.17) is 9.47 Å². The zero-order chi connectivity index (χ0) is 16.3. The van der Waals surface area contributed by atoms with Crippen molar-refractivity contribution in [2.75, 3.05) is 0 Å². The molecule has 1 unspecified atom stereocenters. The minimum atomic E-state index is -0.292. The van der Waals surface area contributed by atoms with Crippen molar-refractivity contribution in [3.05, 3.63) is 11.6 Å². The minimum Gasteiger partial charge on any atom is -0.435 e. The topological polar surface area (TPSA) is 52.6 Å². The molecule has 24 heavy (non-hydrogen) atoms. The van der Waals surface area contributed by atoms with Gasteiger partial charge < -0.3 is 9.47 Å². The lowest BCUT2D eigenvalue weighted by molar-refractivity contribution is -0.172. The van der Waals surface area contributed by atoms with Crippen molar-refractivity contribution in [1.29, 1.82) is 0 Å². The van der Waals surface area contributed by atoms with Crippen molar-refractivity contribution < 1.29 is 19.1 Å². The van der Waals surface area contributed by atoms with E-state index in [0.29, 0.717) is 30.0 Å². The first-order chi connectivity index (χ1) is 11.5. The van der Waals surface area contributed by atoms with Crippen LogP contribution in [0.5, 0.6) is 0 Å². The Morgan fingerprint density at radius 1 is 1.17 bits per heavy atom. The number of fused-ring (bicyclic) bond motifs is 6. The molecule has 0 aromatic carbocycles. The van der Waals surface area contributed by atoms with Crippen molar-refractivity contribution in [2.24, 2.45) is 34.5 Å². The second-order valence-corrected chi connectivity index (χ2v) is 9.28. The van der Waals surface area contributed by atoms with E-state index in [1.165, 1.54) is 5.57 Å². The largest absolute Gasteiger partial charge is 0.435 e. The summed E-state index contributed by atoms with van der Waals surface area (Å²) in [7, 11) is 0. The van der Waals surface area contributed by atoms with Gasteiger partial charge in [0, 0.05) is 6.42 Å². The van der Waals surface area contributed by atoms with Gasteiger partial charge in [-0.3, -0.25) is 9.59 Å². The molecule has 2 saturated heterocycles. The SMILES string of the molecule is C[C@]12CCC(=O)C=C1CC[C@@H]1[C@@H]2[C@@H]2C[C@]34C(OC(=O)[C@H]3CC[C@@H]14)O2. The fourth-order valence-corrected chi connectivity index (χ4v) is 7.86. The third-order valence-electron chi connectivity index (χ3n) is 8.73. The maximum Gasteiger partial charge on any atom is 0.312 e. The Bertz CT molecular complexity index is 696. The van der Waals surface area contributed by atoms with Gasteiger partial charge in [0.1, 0.15) is 0 Å². The smallest absolute Gasteiger partial charge is 0.312 e. The van der Waals surface area contributed by atoms with Crippen LogP contribution in [0.15, 0.2) is 11.6 Å². The molecule has 5 fully saturated rings. The van der Waals surface area contributed by atoms with Crippen LogP contribution < -0.4 is 0 Å². The Labute approximate surface area is 141 Å². The normalized spacial score (nSPS) is 57.1. The van der Waals surface area contributed by atoms with Gasteiger partial charge in [-0.05, 0) is 67.8 Å². The number of rotatable bonds is 0. The van der Waals surface area contributed by atoms with Crippen LogP contribution in [0.1, 0.15) is 51.9 Å². The number of carbonyl (C=O) groups excluding carboxylic acids is 2. The van der Waals surface area contributed by atoms with Gasteiger partial charge in [-0.2, -0.15) is 0 Å². The molecule has 3 saturated carbocycles. The van der Waals surface area contributed by atoms with Crippen LogP contribution in [0.2, 0.25) is 0 Å². The molecule has 0 aromatic rings. The molecule has 128 valence electrons. The number of hydrogen-bond donors (Lipinski definition) is 0. The first-order valence-electron chi connectivity index (χ1n) is 9.64. The van der Waals surface area contributed by atoms with E-state index >= 15 is 0 Å². The van der Waals surface area contributed by atoms with Crippen molar-refractivity contribution >= 4 is 11.8 Å². The summed E-state index contributed by atoms with van der Waals surface area (Å²) in [5.74, 6) is 2.06. The Kier molecular flexibility index (Phi) is 2.43. The molecule has 2 aliphatic heterocycles. The summed E-state index contributed by atoms with van der Waals surface area (Å²) in [6.07, 6.45) is 8.82. The molecule has 0 radical (unpaired) electrons. The quantitative estimate of drug-likeness (QED) is 0.642. The average molecular weight is 328 g/mol. The minimum absolute atomic E-state index is 0.00901. The van der Waals surface area contributed by atoms with Crippen molar-refractivity contribution in [1.82, 2.24) is 0 Å². The molecule has 2 heterocycles. The third-order valence-corrected chi connectivity index (χ3v) is 8.73. The summed E-state index contributed by atoms with van der Waals surface area (Å²) in [6, 6.07) is 0. The first kappa shape index (κ1) is 14.1. The third kappa shape index (κ3) is 1.35. The van der Waals surface area contributed by atoms with Crippen LogP contribution in [0.25, 0.3) is 0 Å². The van der Waals surface area contributed by atoms with Gasteiger partial charge in [-0.15, -0.1) is 0 Å². The lowest BCUT2D eigenvalue weighted by Crippen LogP contribution is -2.54. The maximum absolute atomic E-state index is 12.3. The van der Waals surface area contributed by atoms with Crippen LogP contribution in [0.4, 0.5) is 0 Å². The number of esters is 1. The number of hydrogen-bond acceptors (Lipinski definition) is 4. The van der Waals surface area contributed by atoms with Crippen LogP contribution in [-0.4, -0.2) is 24.1 Å². The summed E-state index contributed by atoms with van der Waals surface area (Å²) in [6.45, 7) is 2.37. The van der Waals surface area contributed by atoms with Gasteiger partial charge in [0.15, 0.2) is 5.78 Å². The van der Waals surface area contributed by atoms with E-state index in [-0.39, 0.29) is 35.1 Å². The summed E-state index contributed by atoms with van der Waals surface area (Å²) in [4.78, 5) is 24.2. The van der Waals surface area contributed by atoms with E-state index < -0.39 is 0 Å². The number of ether oxygens (including phenoxy) is 2. The number of allylic oxidation sites excluding steroid dienone is 1. The highest BCUT2D eigenvalue weighted by molar-refractivity contribution is 5.91.